The molecule has 1 nitrogen and oxygen atoms in total. The Hall–Kier alpha value is -5.66. The number of furan rings is 1. The minimum atomic E-state index is -0.740. The van der Waals surface area contributed by atoms with Crippen molar-refractivity contribution < 1.29 is 29.1 Å². The van der Waals surface area contributed by atoms with Crippen molar-refractivity contribution in [2.24, 2.45) is 0 Å². The molecule has 1 aromatic heterocycles. The van der Waals surface area contributed by atoms with E-state index in [1.54, 1.807) is 48.5 Å². The standard InChI is InChI=1S/C42H26O/c1-2-16-30-27(12-1)13-10-22-31(30)28-14-9-15-29(26-28)40-32-17-3-5-19-34(32)41(35-20-6-4-18-33(35)40)37-23-11-25-39-42(37)36-21-7-8-24-38(36)43-39/h1-26H/i1D,2D,7D,8D,9D,10D,11D,12D,13D,14D,15D,16D,21D,22D,23D,24D,25D,26D. The molecule has 9 aromatic rings. The average Bonchev–Trinajstić information content (AvgIpc) is 3.65. The highest BCUT2D eigenvalue weighted by Gasteiger charge is 2.20. The van der Waals surface area contributed by atoms with Crippen LogP contribution in [0.15, 0.2) is 162 Å². The Morgan fingerprint density at radius 1 is 0.419 bits per heavy atom. The zero-order valence-electron chi connectivity index (χ0n) is 40.0. The fraction of sp³-hybridized carbons (Fsp3) is 0. The molecule has 43 heavy (non-hydrogen) atoms. The lowest BCUT2D eigenvalue weighted by molar-refractivity contribution is 0.669. The summed E-state index contributed by atoms with van der Waals surface area (Å²) in [5.41, 5.74) is -1.16. The number of hydrogen-bond acceptors (Lipinski definition) is 1. The lowest BCUT2D eigenvalue weighted by Gasteiger charge is -2.19. The summed E-state index contributed by atoms with van der Waals surface area (Å²) in [7, 11) is 0. The summed E-state index contributed by atoms with van der Waals surface area (Å²) in [4.78, 5) is 0. The number of benzene rings is 8. The fourth-order valence-electron chi connectivity index (χ4n) is 5.81. The van der Waals surface area contributed by atoms with Gasteiger partial charge in [-0.3, -0.25) is 0 Å². The topological polar surface area (TPSA) is 13.1 Å². The van der Waals surface area contributed by atoms with Crippen molar-refractivity contribution in [1.82, 2.24) is 0 Å². The maximum atomic E-state index is 9.76. The number of fused-ring (bicyclic) bond motifs is 6. The summed E-state index contributed by atoms with van der Waals surface area (Å²) in [6, 6.07) is 2.17. The third kappa shape index (κ3) is 3.65. The molecule has 0 bridgehead atoms. The predicted molar refractivity (Wildman–Crippen MR) is 183 cm³/mol. The van der Waals surface area contributed by atoms with Gasteiger partial charge in [0.1, 0.15) is 11.2 Å². The van der Waals surface area contributed by atoms with Gasteiger partial charge >= 0.3 is 0 Å². The molecule has 0 N–H and O–H groups in total. The van der Waals surface area contributed by atoms with Crippen LogP contribution in [0.3, 0.4) is 0 Å². The van der Waals surface area contributed by atoms with E-state index in [-0.39, 0.29) is 44.2 Å². The lowest BCUT2D eigenvalue weighted by atomic mass is 9.84. The molecule has 8 aromatic carbocycles. The minimum Gasteiger partial charge on any atom is -0.456 e. The molecule has 0 aliphatic carbocycles. The first-order valence-electron chi connectivity index (χ1n) is 22.3. The van der Waals surface area contributed by atoms with E-state index in [4.69, 9.17) is 25.0 Å². The summed E-state index contributed by atoms with van der Waals surface area (Å²) in [5, 5.41) is 0.447. The van der Waals surface area contributed by atoms with Crippen LogP contribution < -0.4 is 0 Å². The molecular formula is C42H26O. The van der Waals surface area contributed by atoms with Gasteiger partial charge < -0.3 is 4.42 Å². The van der Waals surface area contributed by atoms with Crippen molar-refractivity contribution in [2.45, 2.75) is 0 Å². The van der Waals surface area contributed by atoms with Crippen LogP contribution in [0.5, 0.6) is 0 Å². The Morgan fingerprint density at radius 3 is 1.77 bits per heavy atom. The Kier molecular flexibility index (Phi) is 2.70. The monoisotopic (exact) mass is 564 g/mol. The highest BCUT2D eigenvalue weighted by Crippen LogP contribution is 2.47. The van der Waals surface area contributed by atoms with Crippen molar-refractivity contribution in [1.29, 1.82) is 0 Å². The van der Waals surface area contributed by atoms with E-state index in [9.17, 15) is 4.11 Å². The van der Waals surface area contributed by atoms with E-state index in [1.807, 2.05) is 0 Å². The van der Waals surface area contributed by atoms with Crippen molar-refractivity contribution in [3.8, 4) is 33.4 Å². The normalized spacial score (nSPS) is 17.6. The van der Waals surface area contributed by atoms with Gasteiger partial charge in [0.2, 0.25) is 0 Å². The van der Waals surface area contributed by atoms with E-state index in [2.05, 4.69) is 0 Å². The van der Waals surface area contributed by atoms with Crippen molar-refractivity contribution in [2.75, 3.05) is 0 Å². The van der Waals surface area contributed by atoms with Crippen LogP contribution in [0, 0.1) is 0 Å². The fourth-order valence-corrected chi connectivity index (χ4v) is 5.81. The van der Waals surface area contributed by atoms with Crippen molar-refractivity contribution >= 4 is 54.3 Å². The summed E-state index contributed by atoms with van der Waals surface area (Å²) in [6.07, 6.45) is 0. The molecule has 0 amide bonds. The number of rotatable bonds is 3. The smallest absolute Gasteiger partial charge is 0.136 e. The molecule has 200 valence electrons. The van der Waals surface area contributed by atoms with Gasteiger partial charge in [-0.25, -0.2) is 0 Å². The van der Waals surface area contributed by atoms with Gasteiger partial charge in [0.25, 0.3) is 0 Å². The summed E-state index contributed by atoms with van der Waals surface area (Å²) >= 11 is 0. The highest BCUT2D eigenvalue weighted by atomic mass is 16.3. The van der Waals surface area contributed by atoms with Crippen molar-refractivity contribution in [3.05, 3.63) is 157 Å². The van der Waals surface area contributed by atoms with Gasteiger partial charge in [0, 0.05) is 10.8 Å². The quantitative estimate of drug-likeness (QED) is 0.195. The second-order valence-electron chi connectivity index (χ2n) is 9.85. The molecule has 0 unspecified atom stereocenters. The first-order chi connectivity index (χ1) is 28.8. The van der Waals surface area contributed by atoms with Crippen LogP contribution in [-0.4, -0.2) is 0 Å². The largest absolute Gasteiger partial charge is 0.456 e. The second kappa shape index (κ2) is 9.44. The highest BCUT2D eigenvalue weighted by molar-refractivity contribution is 6.25. The third-order valence-corrected chi connectivity index (χ3v) is 7.57. The molecule has 0 saturated heterocycles. The van der Waals surface area contributed by atoms with E-state index in [0.717, 1.165) is 0 Å². The summed E-state index contributed by atoms with van der Waals surface area (Å²) < 4.78 is 165. The van der Waals surface area contributed by atoms with E-state index in [0.29, 0.717) is 21.5 Å². The molecule has 0 aliphatic heterocycles. The third-order valence-electron chi connectivity index (χ3n) is 7.57. The molecule has 1 heteroatoms. The Labute approximate surface area is 274 Å². The summed E-state index contributed by atoms with van der Waals surface area (Å²) in [5.74, 6) is 0. The van der Waals surface area contributed by atoms with Crippen LogP contribution in [-0.2, 0) is 0 Å². The van der Waals surface area contributed by atoms with Gasteiger partial charge in [-0.2, -0.15) is 0 Å². The zero-order valence-corrected chi connectivity index (χ0v) is 22.0. The molecule has 0 spiro atoms. The number of hydrogen-bond donors (Lipinski definition) is 0. The van der Waals surface area contributed by atoms with Crippen LogP contribution in [0.25, 0.3) is 87.6 Å². The van der Waals surface area contributed by atoms with Gasteiger partial charge in [-0.15, -0.1) is 0 Å². The molecule has 0 radical (unpaired) electrons. The zero-order chi connectivity index (χ0) is 44.0. The molecule has 0 atom stereocenters. The first-order valence-corrected chi connectivity index (χ1v) is 13.3. The van der Waals surface area contributed by atoms with Crippen molar-refractivity contribution in [3.63, 3.8) is 0 Å². The molecule has 9 rings (SSSR count). The van der Waals surface area contributed by atoms with Crippen LogP contribution in [0.4, 0.5) is 0 Å². The Morgan fingerprint density at radius 2 is 0.977 bits per heavy atom. The molecule has 0 saturated carbocycles. The first kappa shape index (κ1) is 12.3. The predicted octanol–water partition coefficient (Wildman–Crippen LogP) is 12.0. The van der Waals surface area contributed by atoms with E-state index < -0.39 is 131 Å². The lowest BCUT2D eigenvalue weighted by Crippen LogP contribution is -1.91. The van der Waals surface area contributed by atoms with Gasteiger partial charge in [0.05, 0.1) is 24.7 Å². The minimum absolute atomic E-state index is 0.00356. The summed E-state index contributed by atoms with van der Waals surface area (Å²) in [6.45, 7) is 0. The van der Waals surface area contributed by atoms with Crippen LogP contribution in [0.1, 0.15) is 24.7 Å². The average molecular weight is 565 g/mol. The van der Waals surface area contributed by atoms with Gasteiger partial charge in [-0.05, 0) is 83.8 Å². The Balaban J connectivity index is 1.49. The molecular weight excluding hydrogens is 520 g/mol. The molecule has 0 aliphatic rings. The van der Waals surface area contributed by atoms with Crippen LogP contribution in [0.2, 0.25) is 0 Å². The van der Waals surface area contributed by atoms with Crippen LogP contribution >= 0.6 is 0 Å². The molecule has 0 fully saturated rings. The van der Waals surface area contributed by atoms with Gasteiger partial charge in [-0.1, -0.05) is 139 Å². The number of para-hydroxylation sites is 1. The SMILES string of the molecule is [2H]c1c([2H])c(-c2c3ccccc3c(-c3c([2H])c([2H])c([2H])c4oc5c([2H])c([2H])c([2H])c([2H])c5c34)c3ccccc23)c([2H])c(-c2c([2H])c([2H])c([2H])c3c([2H])c([2H])c([2H])c([2H])c23)c1[2H]. The molecule has 1 heterocycles. The van der Waals surface area contributed by atoms with E-state index >= 15 is 0 Å². The maximum Gasteiger partial charge on any atom is 0.136 e. The van der Waals surface area contributed by atoms with Gasteiger partial charge in [0.15, 0.2) is 0 Å². The second-order valence-corrected chi connectivity index (χ2v) is 9.85. The maximum absolute atomic E-state index is 9.76. The van der Waals surface area contributed by atoms with E-state index in [1.165, 1.54) is 0 Å². The Bertz CT molecular complexity index is 3450.